The number of carbonyl (C=O) groups excluding carboxylic acids is 3. The maximum absolute atomic E-state index is 12.9. The number of Topliss-reactive ketones (excluding diaryl/α,β-unsaturated/α-hetero) is 1. The Bertz CT molecular complexity index is 1040. The minimum Gasteiger partial charge on any atom is -0.458 e. The normalized spacial score (nSPS) is 52.4. The van der Waals surface area contributed by atoms with Crippen molar-refractivity contribution < 1.29 is 43.9 Å². The number of hydrogen-bond donors (Lipinski definition) is 3. The Morgan fingerprint density at radius 3 is 2.58 bits per heavy atom. The van der Waals surface area contributed by atoms with Crippen LogP contribution in [0.1, 0.15) is 71.6 Å². The SMILES string of the molecule is CC1CC(O)C(=O)C(O[C@@H]2C[C@@H]3CC[C@@H]4[C@H](CC[C@]5(C)[C@@H](C6=CC(=O)OC6)CC[C@]45O)[C@@]3(C=O)C[C@H]2O)O1. The van der Waals surface area contributed by atoms with Crippen LogP contribution < -0.4 is 0 Å². The van der Waals surface area contributed by atoms with E-state index in [0.29, 0.717) is 19.4 Å². The highest BCUT2D eigenvalue weighted by atomic mass is 16.7. The number of aliphatic hydroxyl groups excluding tert-OH is 2. The van der Waals surface area contributed by atoms with E-state index in [4.69, 9.17) is 14.2 Å². The fourth-order valence-electron chi connectivity index (χ4n) is 9.62. The maximum atomic E-state index is 12.9. The van der Waals surface area contributed by atoms with Crippen LogP contribution in [0.15, 0.2) is 11.6 Å². The summed E-state index contributed by atoms with van der Waals surface area (Å²) in [4.78, 5) is 37.2. The summed E-state index contributed by atoms with van der Waals surface area (Å²) in [6.07, 6.45) is 3.55. The highest BCUT2D eigenvalue weighted by Crippen LogP contribution is 2.69. The molecule has 0 radical (unpaired) electrons. The average molecular weight is 533 g/mol. The van der Waals surface area contributed by atoms with Crippen molar-refractivity contribution in [3.63, 3.8) is 0 Å². The van der Waals surface area contributed by atoms with Crippen LogP contribution in [-0.4, -0.2) is 76.3 Å². The molecular formula is C29H40O9. The first-order valence-corrected chi connectivity index (χ1v) is 14.3. The molecular weight excluding hydrogens is 492 g/mol. The summed E-state index contributed by atoms with van der Waals surface area (Å²) in [5.74, 6) is -0.938. The van der Waals surface area contributed by atoms with Gasteiger partial charge in [0.25, 0.3) is 0 Å². The van der Waals surface area contributed by atoms with Crippen LogP contribution in [0.4, 0.5) is 0 Å². The quantitative estimate of drug-likeness (QED) is 0.281. The molecule has 0 aromatic rings. The van der Waals surface area contributed by atoms with Gasteiger partial charge in [-0.2, -0.15) is 0 Å². The summed E-state index contributed by atoms with van der Waals surface area (Å²) >= 11 is 0. The molecule has 0 spiro atoms. The molecule has 210 valence electrons. The fraction of sp³-hybridized carbons (Fsp3) is 0.828. The Morgan fingerprint density at radius 1 is 1.08 bits per heavy atom. The summed E-state index contributed by atoms with van der Waals surface area (Å²) in [5.41, 5.74) is -1.16. The van der Waals surface area contributed by atoms with Crippen LogP contribution in [-0.2, 0) is 28.6 Å². The molecule has 2 aliphatic heterocycles. The summed E-state index contributed by atoms with van der Waals surface area (Å²) in [5, 5.41) is 33.6. The number of aliphatic hydroxyl groups is 3. The topological polar surface area (TPSA) is 140 Å². The zero-order valence-corrected chi connectivity index (χ0v) is 22.2. The molecule has 6 aliphatic rings. The van der Waals surface area contributed by atoms with E-state index in [1.54, 1.807) is 13.0 Å². The van der Waals surface area contributed by atoms with Gasteiger partial charge >= 0.3 is 5.97 Å². The molecule has 9 heteroatoms. The minimum absolute atomic E-state index is 0.0376. The Morgan fingerprint density at radius 2 is 1.87 bits per heavy atom. The Kier molecular flexibility index (Phi) is 6.43. The number of esters is 1. The molecule has 9 nitrogen and oxygen atoms in total. The van der Waals surface area contributed by atoms with E-state index in [1.807, 2.05) is 0 Å². The molecule has 2 heterocycles. The first kappa shape index (κ1) is 26.6. The molecule has 12 atom stereocenters. The second-order valence-electron chi connectivity index (χ2n) is 13.1. The second-order valence-corrected chi connectivity index (χ2v) is 13.1. The van der Waals surface area contributed by atoms with Gasteiger partial charge < -0.3 is 34.3 Å². The molecule has 1 saturated heterocycles. The van der Waals surface area contributed by atoms with E-state index in [9.17, 15) is 29.7 Å². The number of hydrogen-bond acceptors (Lipinski definition) is 9. The lowest BCUT2D eigenvalue weighted by atomic mass is 9.43. The molecule has 0 amide bonds. The predicted octanol–water partition coefficient (Wildman–Crippen LogP) is 1.84. The average Bonchev–Trinajstić information content (AvgIpc) is 3.42. The second kappa shape index (κ2) is 9.20. The van der Waals surface area contributed by atoms with Crippen molar-refractivity contribution in [2.45, 2.75) is 108 Å². The van der Waals surface area contributed by atoms with Gasteiger partial charge in [-0.25, -0.2) is 4.79 Å². The van der Waals surface area contributed by atoms with Crippen LogP contribution in [0.2, 0.25) is 0 Å². The zero-order chi connectivity index (χ0) is 27.0. The molecule has 0 aromatic heterocycles. The van der Waals surface area contributed by atoms with Gasteiger partial charge in [-0.15, -0.1) is 0 Å². The fourth-order valence-corrected chi connectivity index (χ4v) is 9.62. The molecule has 3 N–H and O–H groups in total. The lowest BCUT2D eigenvalue weighted by molar-refractivity contribution is -0.253. The Hall–Kier alpha value is -1.65. The lowest BCUT2D eigenvalue weighted by Crippen LogP contribution is -2.65. The summed E-state index contributed by atoms with van der Waals surface area (Å²) in [7, 11) is 0. The van der Waals surface area contributed by atoms with Crippen molar-refractivity contribution in [2.75, 3.05) is 6.61 Å². The number of ether oxygens (including phenoxy) is 3. The molecule has 5 fully saturated rings. The standard InChI is InChI=1S/C29H40O9/c1-15-9-21(31)25(34)26(37-15)38-23-11-17-3-4-20-19(28(17,14-30)12-22(23)32)5-7-27(2)18(6-8-29(20,27)35)16-10-24(33)36-13-16/h10,14-15,17-23,26,31-32,35H,3-9,11-13H2,1-2H3/t15?,17-,18+,19-,20+,21?,22+,23+,26?,27+,28+,29-/m0/s1. The molecule has 0 aromatic carbocycles. The first-order valence-electron chi connectivity index (χ1n) is 14.3. The van der Waals surface area contributed by atoms with Crippen LogP contribution in [0.25, 0.3) is 0 Å². The summed E-state index contributed by atoms with van der Waals surface area (Å²) in [6.45, 7) is 4.20. The Labute approximate surface area is 222 Å². The molecule has 3 unspecified atom stereocenters. The van der Waals surface area contributed by atoms with Crippen molar-refractivity contribution in [1.82, 2.24) is 0 Å². The van der Waals surface area contributed by atoms with Gasteiger partial charge in [-0.05, 0) is 87.5 Å². The van der Waals surface area contributed by atoms with Gasteiger partial charge in [-0.1, -0.05) is 6.92 Å². The molecule has 4 aliphatic carbocycles. The highest BCUT2D eigenvalue weighted by Gasteiger charge is 2.69. The number of fused-ring (bicyclic) bond motifs is 5. The van der Waals surface area contributed by atoms with Crippen molar-refractivity contribution >= 4 is 18.0 Å². The van der Waals surface area contributed by atoms with Gasteiger partial charge in [0.05, 0.1) is 23.9 Å². The van der Waals surface area contributed by atoms with Crippen LogP contribution in [0.5, 0.6) is 0 Å². The van der Waals surface area contributed by atoms with E-state index < -0.39 is 46.8 Å². The first-order chi connectivity index (χ1) is 18.0. The number of cyclic esters (lactones) is 1. The van der Waals surface area contributed by atoms with Crippen molar-refractivity contribution in [3.05, 3.63) is 11.6 Å². The van der Waals surface area contributed by atoms with Gasteiger partial charge in [0.15, 0.2) is 0 Å². The van der Waals surface area contributed by atoms with E-state index in [0.717, 1.165) is 44.0 Å². The minimum atomic E-state index is -1.22. The van der Waals surface area contributed by atoms with E-state index in [-0.39, 0.29) is 48.6 Å². The van der Waals surface area contributed by atoms with E-state index >= 15 is 0 Å². The molecule has 4 saturated carbocycles. The molecule has 38 heavy (non-hydrogen) atoms. The zero-order valence-electron chi connectivity index (χ0n) is 22.2. The van der Waals surface area contributed by atoms with Crippen LogP contribution in [0, 0.1) is 34.5 Å². The van der Waals surface area contributed by atoms with Gasteiger partial charge in [-0.3, -0.25) is 4.79 Å². The number of rotatable bonds is 4. The van der Waals surface area contributed by atoms with Gasteiger partial charge in [0.1, 0.15) is 19.0 Å². The largest absolute Gasteiger partial charge is 0.458 e. The smallest absolute Gasteiger partial charge is 0.331 e. The third-order valence-electron chi connectivity index (χ3n) is 11.6. The maximum Gasteiger partial charge on any atom is 0.331 e. The summed E-state index contributed by atoms with van der Waals surface area (Å²) < 4.78 is 16.8. The van der Waals surface area contributed by atoms with E-state index in [2.05, 4.69) is 6.92 Å². The number of aldehydes is 1. The van der Waals surface area contributed by atoms with Crippen molar-refractivity contribution in [3.8, 4) is 0 Å². The molecule has 6 rings (SSSR count). The summed E-state index contributed by atoms with van der Waals surface area (Å²) in [6, 6.07) is 0. The highest BCUT2D eigenvalue weighted by molar-refractivity contribution is 5.86. The monoisotopic (exact) mass is 532 g/mol. The number of ketones is 1. The third-order valence-corrected chi connectivity index (χ3v) is 11.6. The van der Waals surface area contributed by atoms with Gasteiger partial charge in [0.2, 0.25) is 12.1 Å². The van der Waals surface area contributed by atoms with Gasteiger partial charge in [0, 0.05) is 23.3 Å². The lowest BCUT2D eigenvalue weighted by Gasteiger charge is -2.63. The van der Waals surface area contributed by atoms with Crippen molar-refractivity contribution in [1.29, 1.82) is 0 Å². The Balaban J connectivity index is 1.23. The third kappa shape index (κ3) is 3.72. The van der Waals surface area contributed by atoms with Crippen molar-refractivity contribution in [2.24, 2.45) is 34.5 Å². The molecule has 0 bridgehead atoms. The van der Waals surface area contributed by atoms with E-state index in [1.165, 1.54) is 0 Å². The van der Waals surface area contributed by atoms with Crippen LogP contribution in [0.3, 0.4) is 0 Å². The number of carbonyl (C=O) groups is 3. The van der Waals surface area contributed by atoms with Crippen LogP contribution >= 0.6 is 0 Å². The predicted molar refractivity (Wildman–Crippen MR) is 132 cm³/mol.